The van der Waals surface area contributed by atoms with Crippen LogP contribution in [0, 0.1) is 0 Å². The fourth-order valence-electron chi connectivity index (χ4n) is 6.34. The van der Waals surface area contributed by atoms with E-state index in [2.05, 4.69) is 34.4 Å². The highest BCUT2D eigenvalue weighted by molar-refractivity contribution is 6.07. The molecule has 0 radical (unpaired) electrons. The van der Waals surface area contributed by atoms with E-state index in [0.29, 0.717) is 36.0 Å². The summed E-state index contributed by atoms with van der Waals surface area (Å²) < 4.78 is 3.78. The molecule has 3 aromatic heterocycles. The van der Waals surface area contributed by atoms with Crippen molar-refractivity contribution >= 4 is 23.1 Å². The van der Waals surface area contributed by atoms with Crippen LogP contribution in [0.4, 0.5) is 17.2 Å². The van der Waals surface area contributed by atoms with E-state index < -0.39 is 0 Å². The van der Waals surface area contributed by atoms with Crippen LogP contribution < -0.4 is 15.4 Å². The molecule has 4 aromatic rings. The molecular formula is C34H40N6O3. The molecule has 1 N–H and O–H groups in total. The molecule has 0 saturated heterocycles. The first-order valence-electron chi connectivity index (χ1n) is 15.1. The Hall–Kier alpha value is -4.21. The van der Waals surface area contributed by atoms with Crippen LogP contribution in [0.25, 0.3) is 11.1 Å². The van der Waals surface area contributed by atoms with Crippen LogP contribution >= 0.6 is 0 Å². The summed E-state index contributed by atoms with van der Waals surface area (Å²) in [7, 11) is 3.76. The van der Waals surface area contributed by atoms with Crippen molar-refractivity contribution in [1.82, 2.24) is 19.0 Å². The van der Waals surface area contributed by atoms with E-state index >= 15 is 0 Å². The molecule has 6 rings (SSSR count). The Kier molecular flexibility index (Phi) is 7.94. The highest BCUT2D eigenvalue weighted by Crippen LogP contribution is 2.36. The van der Waals surface area contributed by atoms with Gasteiger partial charge < -0.3 is 24.0 Å². The number of aliphatic hydroxyl groups is 1. The minimum Gasteiger partial charge on any atom is -0.392 e. The first-order valence-corrected chi connectivity index (χ1v) is 15.1. The summed E-state index contributed by atoms with van der Waals surface area (Å²) in [5.74, 6) is 0.636. The summed E-state index contributed by atoms with van der Waals surface area (Å²) in [4.78, 5) is 37.9. The van der Waals surface area contributed by atoms with Crippen molar-refractivity contribution in [2.24, 2.45) is 7.05 Å². The molecule has 0 unspecified atom stereocenters. The molecule has 0 fully saturated rings. The summed E-state index contributed by atoms with van der Waals surface area (Å²) in [5.41, 5.74) is 6.59. The van der Waals surface area contributed by atoms with Crippen molar-refractivity contribution in [1.29, 1.82) is 0 Å². The van der Waals surface area contributed by atoms with Gasteiger partial charge in [0.1, 0.15) is 17.2 Å². The van der Waals surface area contributed by atoms with Crippen LogP contribution in [0.5, 0.6) is 0 Å². The fraction of sp³-hybridized carbons (Fsp3) is 0.382. The Labute approximate surface area is 252 Å². The van der Waals surface area contributed by atoms with Crippen LogP contribution in [0.2, 0.25) is 0 Å². The first kappa shape index (κ1) is 28.9. The molecular weight excluding hydrogens is 540 g/mol. The maximum absolute atomic E-state index is 13.9. The average Bonchev–Trinajstić information content (AvgIpc) is 3.41. The van der Waals surface area contributed by atoms with Crippen molar-refractivity contribution in [3.8, 4) is 11.1 Å². The Morgan fingerprint density at radius 2 is 1.84 bits per heavy atom. The van der Waals surface area contributed by atoms with Crippen LogP contribution in [0.15, 0.2) is 65.7 Å². The van der Waals surface area contributed by atoms with Crippen LogP contribution in [0.1, 0.15) is 54.0 Å². The van der Waals surface area contributed by atoms with Crippen LogP contribution in [-0.4, -0.2) is 56.3 Å². The Morgan fingerprint density at radius 3 is 2.58 bits per heavy atom. The molecule has 1 aromatic carbocycles. The van der Waals surface area contributed by atoms with Gasteiger partial charge in [-0.2, -0.15) is 0 Å². The maximum Gasteiger partial charge on any atom is 0.274 e. The average molecular weight is 581 g/mol. The van der Waals surface area contributed by atoms with E-state index in [1.54, 1.807) is 28.9 Å². The summed E-state index contributed by atoms with van der Waals surface area (Å²) in [6, 6.07) is 15.6. The second kappa shape index (κ2) is 11.8. The number of nitrogens with zero attached hydrogens (tertiary/aromatic N) is 6. The van der Waals surface area contributed by atoms with Gasteiger partial charge in [0.2, 0.25) is 0 Å². The normalized spacial score (nSPS) is 14.8. The lowest BCUT2D eigenvalue weighted by atomic mass is 9.98. The summed E-state index contributed by atoms with van der Waals surface area (Å²) in [6.45, 7) is 5.71. The van der Waals surface area contributed by atoms with E-state index in [-0.39, 0.29) is 24.1 Å². The number of aliphatic hydroxyl groups excluding tert-OH is 1. The van der Waals surface area contributed by atoms with E-state index in [1.807, 2.05) is 54.4 Å². The molecule has 43 heavy (non-hydrogen) atoms. The van der Waals surface area contributed by atoms with Crippen molar-refractivity contribution < 1.29 is 9.90 Å². The maximum atomic E-state index is 13.9. The van der Waals surface area contributed by atoms with Crippen LogP contribution in [-0.2, 0) is 33.0 Å². The molecule has 0 saturated carbocycles. The molecule has 1 aliphatic carbocycles. The smallest absolute Gasteiger partial charge is 0.274 e. The topological polar surface area (TPSA) is 86.8 Å². The summed E-state index contributed by atoms with van der Waals surface area (Å²) >= 11 is 0. The zero-order valence-electron chi connectivity index (χ0n) is 25.5. The Bertz CT molecular complexity index is 1710. The number of hydrogen-bond donors (Lipinski definition) is 1. The molecule has 4 heterocycles. The number of benzene rings is 1. The highest BCUT2D eigenvalue weighted by Gasteiger charge is 2.32. The van der Waals surface area contributed by atoms with Gasteiger partial charge in [-0.05, 0) is 88.0 Å². The van der Waals surface area contributed by atoms with E-state index in [9.17, 15) is 14.7 Å². The second-order valence-corrected chi connectivity index (χ2v) is 11.9. The number of hydrogen-bond acceptors (Lipinski definition) is 6. The fourth-order valence-corrected chi connectivity index (χ4v) is 6.34. The van der Waals surface area contributed by atoms with Crippen LogP contribution in [0.3, 0.4) is 0 Å². The lowest BCUT2D eigenvalue weighted by molar-refractivity contribution is 0.0964. The van der Waals surface area contributed by atoms with Crippen molar-refractivity contribution in [3.63, 3.8) is 0 Å². The Morgan fingerprint density at radius 1 is 1.02 bits per heavy atom. The number of rotatable bonds is 8. The molecule has 9 nitrogen and oxygen atoms in total. The molecule has 9 heteroatoms. The monoisotopic (exact) mass is 580 g/mol. The minimum absolute atomic E-state index is 0.0355. The zero-order chi connectivity index (χ0) is 30.2. The van der Waals surface area contributed by atoms with Crippen molar-refractivity contribution in [2.75, 3.05) is 30.1 Å². The number of aryl methyl sites for hydroxylation is 2. The van der Waals surface area contributed by atoms with E-state index in [4.69, 9.17) is 0 Å². The molecule has 0 atom stereocenters. The van der Waals surface area contributed by atoms with Crippen molar-refractivity contribution in [3.05, 3.63) is 93.8 Å². The number of carbonyl (C=O) groups excluding carboxylic acids is 1. The number of amides is 1. The second-order valence-electron chi connectivity index (χ2n) is 11.9. The first-order chi connectivity index (χ1) is 20.8. The number of aromatic nitrogens is 3. The van der Waals surface area contributed by atoms with Gasteiger partial charge in [0.15, 0.2) is 0 Å². The van der Waals surface area contributed by atoms with Gasteiger partial charge in [0.05, 0.1) is 19.0 Å². The van der Waals surface area contributed by atoms with Gasteiger partial charge in [-0.1, -0.05) is 18.2 Å². The number of anilines is 3. The van der Waals surface area contributed by atoms with Gasteiger partial charge >= 0.3 is 0 Å². The molecule has 0 spiro atoms. The molecule has 224 valence electrons. The predicted octanol–water partition coefficient (Wildman–Crippen LogP) is 4.72. The third kappa shape index (κ3) is 5.28. The van der Waals surface area contributed by atoms with Gasteiger partial charge in [0.25, 0.3) is 11.5 Å². The minimum atomic E-state index is -0.245. The summed E-state index contributed by atoms with van der Waals surface area (Å²) in [6.07, 6.45) is 7.90. The van der Waals surface area contributed by atoms with Crippen molar-refractivity contribution in [2.45, 2.75) is 58.7 Å². The van der Waals surface area contributed by atoms with Gasteiger partial charge in [-0.15, -0.1) is 0 Å². The predicted molar refractivity (Wildman–Crippen MR) is 170 cm³/mol. The largest absolute Gasteiger partial charge is 0.392 e. The lowest BCUT2D eigenvalue weighted by Crippen LogP contribution is -2.41. The molecule has 2 aliphatic rings. The third-order valence-electron chi connectivity index (χ3n) is 8.96. The van der Waals surface area contributed by atoms with Gasteiger partial charge in [-0.3, -0.25) is 14.5 Å². The standard InChI is InChI=1S/C34H40N6O3/c1-23(2)37(4)22-40(32-14-7-8-15-35-32)30-19-25(20-36(3)33(30)42)26-11-9-13-29(27(26)21-41)39-17-16-38-28-12-6-5-10-24(28)18-31(38)34(39)43/h7-9,11,13-15,18-20,23,41H,5-6,10,12,16-17,21-22H2,1-4H3. The molecule has 0 bridgehead atoms. The lowest BCUT2D eigenvalue weighted by Gasteiger charge is -2.32. The third-order valence-corrected chi connectivity index (χ3v) is 8.96. The highest BCUT2D eigenvalue weighted by atomic mass is 16.3. The van der Waals surface area contributed by atoms with Gasteiger partial charge in [0, 0.05) is 55.4 Å². The molecule has 1 amide bonds. The zero-order valence-corrected chi connectivity index (χ0v) is 25.5. The Balaban J connectivity index is 1.43. The molecule has 1 aliphatic heterocycles. The van der Waals surface area contributed by atoms with E-state index in [0.717, 1.165) is 49.0 Å². The number of fused-ring (bicyclic) bond motifs is 3. The number of carbonyl (C=O) groups is 1. The number of pyridine rings is 2. The quantitative estimate of drug-likeness (QED) is 0.304. The van der Waals surface area contributed by atoms with Gasteiger partial charge in [-0.25, -0.2) is 4.98 Å². The SMILES string of the molecule is CC(C)N(C)CN(c1ccccn1)c1cc(-c2cccc(N3CCn4c(cc5c4CCCC5)C3=O)c2CO)cn(C)c1=O. The van der Waals surface area contributed by atoms with E-state index in [1.165, 1.54) is 11.3 Å². The summed E-state index contributed by atoms with van der Waals surface area (Å²) in [5, 5.41) is 10.7.